The van der Waals surface area contributed by atoms with Crippen molar-refractivity contribution >= 4 is 53.8 Å². The summed E-state index contributed by atoms with van der Waals surface area (Å²) < 4.78 is 8.86. The minimum atomic E-state index is -0.105. The van der Waals surface area contributed by atoms with Crippen molar-refractivity contribution < 1.29 is 9.53 Å². The molecule has 4 rings (SSSR count). The number of carbonyl (C=O) groups excluding carboxylic acids is 1. The highest BCUT2D eigenvalue weighted by molar-refractivity contribution is 7.33. The number of benzene rings is 2. The second kappa shape index (κ2) is 5.68. The Labute approximate surface area is 141 Å². The van der Waals surface area contributed by atoms with Crippen molar-refractivity contribution in [3.63, 3.8) is 0 Å². The molecule has 0 bridgehead atoms. The van der Waals surface area contributed by atoms with Crippen LogP contribution in [0, 0.1) is 0 Å². The van der Waals surface area contributed by atoms with Crippen LogP contribution in [0.25, 0.3) is 19.5 Å². The summed E-state index contributed by atoms with van der Waals surface area (Å²) >= 11 is 3.25. The zero-order valence-electron chi connectivity index (χ0n) is 12.3. The third kappa shape index (κ3) is 2.48. The van der Waals surface area contributed by atoms with Crippen LogP contribution < -0.4 is 10.1 Å². The molecule has 1 amide bonds. The Morgan fingerprint density at radius 2 is 1.78 bits per heavy atom. The standard InChI is InChI=1S/C18H13NO2S2/c1-21-13-8-4-3-7-12(13)19-18(20)16-10-15-17(23-16)11-6-2-5-9-14(11)22-15/h2-10H,1H3,(H,19,20). The van der Waals surface area contributed by atoms with Crippen LogP contribution in [0.5, 0.6) is 5.75 Å². The lowest BCUT2D eigenvalue weighted by molar-refractivity contribution is 0.103. The molecule has 114 valence electrons. The van der Waals surface area contributed by atoms with Gasteiger partial charge in [0.25, 0.3) is 5.91 Å². The van der Waals surface area contributed by atoms with Crippen molar-refractivity contribution in [1.82, 2.24) is 0 Å². The molecule has 0 radical (unpaired) electrons. The summed E-state index contributed by atoms with van der Waals surface area (Å²) in [5.41, 5.74) is 0.682. The van der Waals surface area contributed by atoms with E-state index in [4.69, 9.17) is 4.74 Å². The second-order valence-electron chi connectivity index (χ2n) is 5.06. The molecule has 2 heterocycles. The van der Waals surface area contributed by atoms with Gasteiger partial charge in [-0.15, -0.1) is 22.7 Å². The van der Waals surface area contributed by atoms with Gasteiger partial charge in [-0.2, -0.15) is 0 Å². The third-order valence-corrected chi connectivity index (χ3v) is 6.04. The van der Waals surface area contributed by atoms with Gasteiger partial charge in [-0.1, -0.05) is 30.3 Å². The van der Waals surface area contributed by atoms with Gasteiger partial charge < -0.3 is 10.1 Å². The van der Waals surface area contributed by atoms with Gasteiger partial charge in [0, 0.05) is 14.8 Å². The topological polar surface area (TPSA) is 38.3 Å². The fourth-order valence-corrected chi connectivity index (χ4v) is 4.96. The molecule has 0 aliphatic rings. The molecule has 0 unspecified atom stereocenters. The summed E-state index contributed by atoms with van der Waals surface area (Å²) in [6.07, 6.45) is 0. The molecule has 4 aromatic rings. The van der Waals surface area contributed by atoms with Gasteiger partial charge in [-0.25, -0.2) is 0 Å². The Hall–Kier alpha value is -2.37. The molecule has 0 aliphatic heterocycles. The molecule has 0 atom stereocenters. The number of rotatable bonds is 3. The van der Waals surface area contributed by atoms with Crippen molar-refractivity contribution in [3.8, 4) is 5.75 Å². The minimum absolute atomic E-state index is 0.105. The Morgan fingerprint density at radius 3 is 2.65 bits per heavy atom. The van der Waals surface area contributed by atoms with Crippen LogP contribution in [0.4, 0.5) is 5.69 Å². The summed E-state index contributed by atoms with van der Waals surface area (Å²) in [4.78, 5) is 13.2. The van der Waals surface area contributed by atoms with Crippen LogP contribution in [-0.2, 0) is 0 Å². The molecule has 0 saturated heterocycles. The molecule has 1 N–H and O–H groups in total. The summed E-state index contributed by atoms with van der Waals surface area (Å²) in [6.45, 7) is 0. The average molecular weight is 339 g/mol. The SMILES string of the molecule is COc1ccccc1NC(=O)c1cc2sc3ccccc3c2s1. The minimum Gasteiger partial charge on any atom is -0.495 e. The van der Waals surface area contributed by atoms with Crippen LogP contribution in [-0.4, -0.2) is 13.0 Å². The van der Waals surface area contributed by atoms with E-state index in [0.717, 1.165) is 4.70 Å². The molecule has 2 aromatic heterocycles. The molecule has 3 nitrogen and oxygen atoms in total. The van der Waals surface area contributed by atoms with Crippen LogP contribution >= 0.6 is 22.7 Å². The smallest absolute Gasteiger partial charge is 0.265 e. The van der Waals surface area contributed by atoms with E-state index in [9.17, 15) is 4.79 Å². The normalized spacial score (nSPS) is 11.0. The largest absolute Gasteiger partial charge is 0.495 e. The number of fused-ring (bicyclic) bond motifs is 3. The Kier molecular flexibility index (Phi) is 3.52. The van der Waals surface area contributed by atoms with Gasteiger partial charge >= 0.3 is 0 Å². The fourth-order valence-electron chi connectivity index (χ4n) is 2.54. The van der Waals surface area contributed by atoms with E-state index in [0.29, 0.717) is 16.3 Å². The van der Waals surface area contributed by atoms with Gasteiger partial charge in [-0.05, 0) is 24.3 Å². The highest BCUT2D eigenvalue weighted by Crippen LogP contribution is 2.39. The van der Waals surface area contributed by atoms with Crippen molar-refractivity contribution in [2.24, 2.45) is 0 Å². The quantitative estimate of drug-likeness (QED) is 0.544. The number of thiophene rings is 2. The van der Waals surface area contributed by atoms with E-state index in [2.05, 4.69) is 17.4 Å². The summed E-state index contributed by atoms with van der Waals surface area (Å²) in [5.74, 6) is 0.552. The number of hydrogen-bond donors (Lipinski definition) is 1. The fraction of sp³-hybridized carbons (Fsp3) is 0.0556. The molecule has 0 aliphatic carbocycles. The van der Waals surface area contributed by atoms with Crippen LogP contribution in [0.15, 0.2) is 54.6 Å². The van der Waals surface area contributed by atoms with E-state index in [1.54, 1.807) is 18.4 Å². The predicted molar refractivity (Wildman–Crippen MR) is 98.2 cm³/mol. The lowest BCUT2D eigenvalue weighted by Gasteiger charge is -2.08. The van der Waals surface area contributed by atoms with Gasteiger partial charge in [0.05, 0.1) is 22.4 Å². The highest BCUT2D eigenvalue weighted by atomic mass is 32.1. The number of carbonyl (C=O) groups is 1. The molecule has 5 heteroatoms. The maximum absolute atomic E-state index is 12.5. The van der Waals surface area contributed by atoms with Gasteiger partial charge in [-0.3, -0.25) is 4.79 Å². The van der Waals surface area contributed by atoms with Crippen molar-refractivity contribution in [3.05, 3.63) is 59.5 Å². The number of para-hydroxylation sites is 2. The number of anilines is 1. The summed E-state index contributed by atoms with van der Waals surface area (Å²) in [5, 5.41) is 4.14. The third-order valence-electron chi connectivity index (χ3n) is 3.63. The van der Waals surface area contributed by atoms with E-state index >= 15 is 0 Å². The first-order chi connectivity index (χ1) is 11.3. The lowest BCUT2D eigenvalue weighted by Crippen LogP contribution is -2.10. The van der Waals surface area contributed by atoms with Gasteiger partial charge in [0.1, 0.15) is 5.75 Å². The van der Waals surface area contributed by atoms with Crippen LogP contribution in [0.1, 0.15) is 9.67 Å². The number of nitrogens with one attached hydrogen (secondary N) is 1. The van der Waals surface area contributed by atoms with Crippen LogP contribution in [0.3, 0.4) is 0 Å². The number of methoxy groups -OCH3 is 1. The number of amides is 1. The van der Waals surface area contributed by atoms with E-state index in [-0.39, 0.29) is 5.91 Å². The van der Waals surface area contributed by atoms with Crippen LogP contribution in [0.2, 0.25) is 0 Å². The predicted octanol–water partition coefficient (Wildman–Crippen LogP) is 5.38. The van der Waals surface area contributed by atoms with E-state index in [1.807, 2.05) is 42.5 Å². The zero-order chi connectivity index (χ0) is 15.8. The molecule has 0 spiro atoms. The van der Waals surface area contributed by atoms with Gasteiger partial charge in [0.2, 0.25) is 0 Å². The molecule has 2 aromatic carbocycles. The lowest BCUT2D eigenvalue weighted by atomic mass is 10.2. The number of ether oxygens (including phenoxy) is 1. The first-order valence-corrected chi connectivity index (χ1v) is 8.75. The van der Waals surface area contributed by atoms with Crippen molar-refractivity contribution in [2.45, 2.75) is 0 Å². The first kappa shape index (κ1) is 14.2. The monoisotopic (exact) mass is 339 g/mol. The summed E-state index contributed by atoms with van der Waals surface area (Å²) in [7, 11) is 1.60. The Balaban J connectivity index is 1.69. The first-order valence-electron chi connectivity index (χ1n) is 7.12. The maximum Gasteiger partial charge on any atom is 0.265 e. The van der Waals surface area contributed by atoms with E-state index < -0.39 is 0 Å². The summed E-state index contributed by atoms with van der Waals surface area (Å²) in [6, 6.07) is 17.7. The average Bonchev–Trinajstić information content (AvgIpc) is 3.13. The molecular formula is C18H13NO2S2. The Bertz CT molecular complexity index is 1020. The van der Waals surface area contributed by atoms with E-state index in [1.165, 1.54) is 26.1 Å². The van der Waals surface area contributed by atoms with Gasteiger partial charge in [0.15, 0.2) is 0 Å². The number of hydrogen-bond acceptors (Lipinski definition) is 4. The molecule has 0 saturated carbocycles. The molecule has 0 fully saturated rings. The zero-order valence-corrected chi connectivity index (χ0v) is 14.0. The second-order valence-corrected chi connectivity index (χ2v) is 7.19. The Morgan fingerprint density at radius 1 is 1.00 bits per heavy atom. The molecule has 23 heavy (non-hydrogen) atoms. The highest BCUT2D eigenvalue weighted by Gasteiger charge is 2.15. The maximum atomic E-state index is 12.5. The van der Waals surface area contributed by atoms with Crippen molar-refractivity contribution in [1.29, 1.82) is 0 Å². The molecular weight excluding hydrogens is 326 g/mol. The van der Waals surface area contributed by atoms with Crippen molar-refractivity contribution in [2.75, 3.05) is 12.4 Å².